The van der Waals surface area contributed by atoms with Crippen LogP contribution in [0.2, 0.25) is 5.02 Å². The number of anilines is 1. The molecule has 2 aliphatic rings. The number of benzene rings is 1. The Morgan fingerprint density at radius 3 is 2.85 bits per heavy atom. The van der Waals surface area contributed by atoms with Crippen molar-refractivity contribution in [2.75, 3.05) is 18.1 Å². The minimum atomic E-state index is -2.55. The number of hydrogen-bond acceptors (Lipinski definition) is 6. The molecular formula is C23H25ClF2N6O2. The highest BCUT2D eigenvalue weighted by Gasteiger charge is 2.32. The van der Waals surface area contributed by atoms with Gasteiger partial charge in [-0.25, -0.2) is 13.5 Å². The molecule has 0 bridgehead atoms. The van der Waals surface area contributed by atoms with Crippen LogP contribution in [-0.2, 0) is 17.7 Å². The van der Waals surface area contributed by atoms with Crippen LogP contribution in [0.3, 0.4) is 0 Å². The molecule has 8 nitrogen and oxygen atoms in total. The zero-order valence-corrected chi connectivity index (χ0v) is 19.5. The monoisotopic (exact) mass is 490 g/mol. The third kappa shape index (κ3) is 4.09. The first-order valence-electron chi connectivity index (χ1n) is 11.4. The van der Waals surface area contributed by atoms with E-state index in [1.165, 1.54) is 10.7 Å². The second-order valence-electron chi connectivity index (χ2n) is 8.61. The van der Waals surface area contributed by atoms with Crippen molar-refractivity contribution in [2.24, 2.45) is 0 Å². The van der Waals surface area contributed by atoms with E-state index >= 15 is 0 Å². The summed E-state index contributed by atoms with van der Waals surface area (Å²) in [5, 5.41) is 13.0. The van der Waals surface area contributed by atoms with Crippen molar-refractivity contribution >= 4 is 17.3 Å². The lowest BCUT2D eigenvalue weighted by molar-refractivity contribution is -0.0424. The molecule has 2 aromatic heterocycles. The fourth-order valence-electron chi connectivity index (χ4n) is 4.76. The van der Waals surface area contributed by atoms with E-state index in [0.717, 1.165) is 30.7 Å². The Morgan fingerprint density at radius 2 is 2.09 bits per heavy atom. The summed E-state index contributed by atoms with van der Waals surface area (Å²) in [5.74, 6) is 0. The van der Waals surface area contributed by atoms with E-state index in [0.29, 0.717) is 30.8 Å². The molecule has 0 amide bonds. The third-order valence-electron chi connectivity index (χ3n) is 6.59. The highest BCUT2D eigenvalue weighted by molar-refractivity contribution is 6.33. The second kappa shape index (κ2) is 9.42. The smallest absolute Gasteiger partial charge is 0.290 e. The van der Waals surface area contributed by atoms with E-state index in [1.54, 1.807) is 29.1 Å². The maximum Gasteiger partial charge on any atom is 0.290 e. The predicted octanol–water partition coefficient (Wildman–Crippen LogP) is 4.30. The molecular weight excluding hydrogens is 466 g/mol. The first-order chi connectivity index (χ1) is 16.5. The van der Waals surface area contributed by atoms with Crippen molar-refractivity contribution in [3.05, 3.63) is 68.4 Å². The fraction of sp³-hybridized carbons (Fsp3) is 0.478. The zero-order valence-electron chi connectivity index (χ0n) is 18.7. The molecule has 11 heteroatoms. The number of aromatic nitrogens is 5. The summed E-state index contributed by atoms with van der Waals surface area (Å²) >= 11 is 6.52. The maximum atomic E-state index is 13.4. The molecule has 1 aromatic carbocycles. The first kappa shape index (κ1) is 22.9. The van der Waals surface area contributed by atoms with Gasteiger partial charge in [-0.3, -0.25) is 4.79 Å². The first-order valence-corrected chi connectivity index (χ1v) is 11.8. The molecule has 2 atom stereocenters. The molecule has 1 fully saturated rings. The number of hydrogen-bond donors (Lipinski definition) is 0. The van der Waals surface area contributed by atoms with Gasteiger partial charge in [-0.05, 0) is 31.7 Å². The maximum absolute atomic E-state index is 13.4. The number of halogens is 3. The van der Waals surface area contributed by atoms with Crippen LogP contribution >= 0.6 is 11.6 Å². The number of rotatable bonds is 5. The molecule has 0 spiro atoms. The third-order valence-corrected chi connectivity index (χ3v) is 6.95. The lowest BCUT2D eigenvalue weighted by Gasteiger charge is -2.35. The van der Waals surface area contributed by atoms with E-state index in [4.69, 9.17) is 16.3 Å². The normalized spacial score (nSPS) is 20.6. The van der Waals surface area contributed by atoms with E-state index in [1.807, 2.05) is 11.8 Å². The number of alkyl halides is 2. The number of fused-ring (bicyclic) bond motifs is 1. The van der Waals surface area contributed by atoms with Crippen molar-refractivity contribution in [1.29, 1.82) is 0 Å². The molecule has 1 unspecified atom stereocenters. The minimum absolute atomic E-state index is 0.00222. The van der Waals surface area contributed by atoms with Gasteiger partial charge in [0.15, 0.2) is 6.23 Å². The standard InChI is InChI=1S/C23H25ClF2N6O2/c1-14-21-17(31(29-28-21)13-15-6-2-3-7-16(15)22(25)26)9-10-30(14)18-12-27-32(23(33)20(18)24)19-8-4-5-11-34-19/h2-3,6-7,12,14,19,22H,4-5,8-11,13H2,1H3/t14-,19?/m0/s1. The minimum Gasteiger partial charge on any atom is -0.360 e. The van der Waals surface area contributed by atoms with Gasteiger partial charge in [-0.15, -0.1) is 5.10 Å². The van der Waals surface area contributed by atoms with Crippen LogP contribution in [0.25, 0.3) is 0 Å². The molecule has 5 rings (SSSR count). The summed E-state index contributed by atoms with van der Waals surface area (Å²) in [6.07, 6.45) is 1.90. The van der Waals surface area contributed by atoms with Crippen molar-refractivity contribution < 1.29 is 13.5 Å². The van der Waals surface area contributed by atoms with Gasteiger partial charge in [0.2, 0.25) is 0 Å². The zero-order chi connectivity index (χ0) is 23.8. The Labute approximate surface area is 200 Å². The Morgan fingerprint density at radius 1 is 1.26 bits per heavy atom. The summed E-state index contributed by atoms with van der Waals surface area (Å²) in [7, 11) is 0. The molecule has 2 aliphatic heterocycles. The summed E-state index contributed by atoms with van der Waals surface area (Å²) in [5.41, 5.74) is 2.29. The molecule has 0 saturated carbocycles. The Balaban J connectivity index is 1.40. The summed E-state index contributed by atoms with van der Waals surface area (Å²) in [4.78, 5) is 14.9. The van der Waals surface area contributed by atoms with Crippen molar-refractivity contribution in [3.63, 3.8) is 0 Å². The summed E-state index contributed by atoms with van der Waals surface area (Å²) in [6, 6.07) is 6.25. The van der Waals surface area contributed by atoms with Crippen LogP contribution in [0.5, 0.6) is 0 Å². The van der Waals surface area contributed by atoms with E-state index in [9.17, 15) is 13.6 Å². The second-order valence-corrected chi connectivity index (χ2v) is 8.99. The van der Waals surface area contributed by atoms with E-state index < -0.39 is 12.7 Å². The average molecular weight is 491 g/mol. The molecule has 3 aromatic rings. The van der Waals surface area contributed by atoms with Crippen LogP contribution in [0, 0.1) is 0 Å². The van der Waals surface area contributed by atoms with Crippen LogP contribution in [-0.4, -0.2) is 37.9 Å². The van der Waals surface area contributed by atoms with Crippen LogP contribution in [0.4, 0.5) is 14.5 Å². The van der Waals surface area contributed by atoms with Crippen molar-refractivity contribution in [1.82, 2.24) is 24.8 Å². The SMILES string of the molecule is C[C@H]1c2nnn(Cc3ccccc3C(F)F)c2CCN1c1cnn(C2CCCCO2)c(=O)c1Cl. The topological polar surface area (TPSA) is 78.1 Å². The van der Waals surface area contributed by atoms with E-state index in [-0.39, 0.29) is 28.7 Å². The Hall–Kier alpha value is -2.85. The van der Waals surface area contributed by atoms with Gasteiger partial charge in [0, 0.05) is 25.1 Å². The Kier molecular flexibility index (Phi) is 6.35. The van der Waals surface area contributed by atoms with Crippen LogP contribution in [0.1, 0.15) is 67.4 Å². The van der Waals surface area contributed by atoms with Crippen LogP contribution < -0.4 is 10.5 Å². The van der Waals surface area contributed by atoms with Gasteiger partial charge in [0.1, 0.15) is 10.7 Å². The quantitative estimate of drug-likeness (QED) is 0.530. The molecule has 0 aliphatic carbocycles. The molecule has 180 valence electrons. The van der Waals surface area contributed by atoms with Crippen LogP contribution in [0.15, 0.2) is 35.3 Å². The van der Waals surface area contributed by atoms with E-state index in [2.05, 4.69) is 15.4 Å². The van der Waals surface area contributed by atoms with Gasteiger partial charge >= 0.3 is 0 Å². The van der Waals surface area contributed by atoms with Gasteiger partial charge in [-0.1, -0.05) is 41.1 Å². The van der Waals surface area contributed by atoms with Gasteiger partial charge < -0.3 is 9.64 Å². The van der Waals surface area contributed by atoms with Gasteiger partial charge in [0.05, 0.1) is 30.2 Å². The van der Waals surface area contributed by atoms with Crippen molar-refractivity contribution in [3.8, 4) is 0 Å². The average Bonchev–Trinajstić information content (AvgIpc) is 3.26. The van der Waals surface area contributed by atoms with Gasteiger partial charge in [0.25, 0.3) is 12.0 Å². The summed E-state index contributed by atoms with van der Waals surface area (Å²) in [6.45, 7) is 3.33. The molecule has 34 heavy (non-hydrogen) atoms. The number of ether oxygens (including phenoxy) is 1. The highest BCUT2D eigenvalue weighted by Crippen LogP contribution is 2.35. The Bertz CT molecular complexity index is 1240. The molecule has 1 saturated heterocycles. The molecule has 0 radical (unpaired) electrons. The fourth-order valence-corrected chi connectivity index (χ4v) is 5.01. The lowest BCUT2D eigenvalue weighted by atomic mass is 10.0. The lowest BCUT2D eigenvalue weighted by Crippen LogP contribution is -2.38. The summed E-state index contributed by atoms with van der Waals surface area (Å²) < 4.78 is 35.5. The highest BCUT2D eigenvalue weighted by atomic mass is 35.5. The molecule has 0 N–H and O–H groups in total. The number of nitrogens with zero attached hydrogens (tertiary/aromatic N) is 6. The predicted molar refractivity (Wildman–Crippen MR) is 122 cm³/mol. The largest absolute Gasteiger partial charge is 0.360 e. The molecule has 4 heterocycles. The van der Waals surface area contributed by atoms with Crippen molar-refractivity contribution in [2.45, 2.75) is 57.8 Å². The van der Waals surface area contributed by atoms with Gasteiger partial charge in [-0.2, -0.15) is 9.78 Å².